The molecule has 0 aliphatic carbocycles. The molecule has 53 heavy (non-hydrogen) atoms. The van der Waals surface area contributed by atoms with Crippen LogP contribution in [0.4, 0.5) is 17.1 Å². The number of anilines is 3. The van der Waals surface area contributed by atoms with Gasteiger partial charge in [0.25, 0.3) is 0 Å². The second-order valence-corrected chi connectivity index (χ2v) is 13.7. The van der Waals surface area contributed by atoms with Crippen LogP contribution in [0, 0.1) is 0 Å². The van der Waals surface area contributed by atoms with Crippen LogP contribution in [0.2, 0.25) is 0 Å². The molecule has 1 nitrogen and oxygen atoms in total. The molecule has 10 aromatic rings. The van der Waals surface area contributed by atoms with Crippen LogP contribution in [-0.4, -0.2) is 0 Å². The molecule has 1 heteroatoms. The topological polar surface area (TPSA) is 3.24 Å². The molecule has 0 heterocycles. The number of benzene rings is 10. The van der Waals surface area contributed by atoms with Gasteiger partial charge in [-0.05, 0) is 107 Å². The van der Waals surface area contributed by atoms with E-state index in [1.807, 2.05) is 0 Å². The van der Waals surface area contributed by atoms with E-state index >= 15 is 0 Å². The van der Waals surface area contributed by atoms with Gasteiger partial charge in [0.2, 0.25) is 0 Å². The smallest absolute Gasteiger partial charge is 0.0540 e. The summed E-state index contributed by atoms with van der Waals surface area (Å²) in [7, 11) is 0. The first-order valence-electron chi connectivity index (χ1n) is 18.3. The van der Waals surface area contributed by atoms with Gasteiger partial charge >= 0.3 is 0 Å². The van der Waals surface area contributed by atoms with Crippen molar-refractivity contribution < 1.29 is 0 Å². The monoisotopic (exact) mass is 673 g/mol. The van der Waals surface area contributed by atoms with Crippen LogP contribution < -0.4 is 4.90 Å². The minimum Gasteiger partial charge on any atom is -0.310 e. The highest BCUT2D eigenvalue weighted by molar-refractivity contribution is 6.27. The van der Waals surface area contributed by atoms with Gasteiger partial charge in [-0.3, -0.25) is 0 Å². The zero-order chi connectivity index (χ0) is 35.1. The Bertz CT molecular complexity index is 2920. The van der Waals surface area contributed by atoms with Crippen LogP contribution in [0.5, 0.6) is 0 Å². The fourth-order valence-electron chi connectivity index (χ4n) is 8.05. The molecular weight excluding hydrogens is 639 g/mol. The zero-order valence-electron chi connectivity index (χ0n) is 29.2. The van der Waals surface area contributed by atoms with Gasteiger partial charge in [0.05, 0.1) is 5.69 Å². The fourth-order valence-corrected chi connectivity index (χ4v) is 8.05. The van der Waals surface area contributed by atoms with Crippen molar-refractivity contribution in [3.63, 3.8) is 0 Å². The lowest BCUT2D eigenvalue weighted by molar-refractivity contribution is 1.28. The normalized spacial score (nSPS) is 11.4. The molecule has 0 spiro atoms. The Balaban J connectivity index is 1.12. The molecule has 0 radical (unpaired) electrons. The summed E-state index contributed by atoms with van der Waals surface area (Å²) in [6, 6.07) is 77.2. The Morgan fingerprint density at radius 3 is 1.55 bits per heavy atom. The van der Waals surface area contributed by atoms with E-state index in [9.17, 15) is 0 Å². The Labute approximate surface area is 309 Å². The molecule has 248 valence electrons. The number of rotatable bonds is 6. The summed E-state index contributed by atoms with van der Waals surface area (Å²) >= 11 is 0. The minimum atomic E-state index is 1.11. The van der Waals surface area contributed by atoms with E-state index in [1.165, 1.54) is 76.5 Å². The standard InChI is InChI=1S/C52H35N/c1-3-12-36(13-4-1)37-28-31-45(32-29-37)53(50-21-10-9-19-47(50)38-14-5-2-6-15-38)46-18-11-17-42(35-46)43-30-33-49-44(34-43)27-26-41-25-24-40-23-22-39-16-7-8-20-48(39)51(40)52(41)49/h1-35H. The maximum atomic E-state index is 2.40. The summed E-state index contributed by atoms with van der Waals surface area (Å²) in [5.74, 6) is 0. The third kappa shape index (κ3) is 5.51. The van der Waals surface area contributed by atoms with Crippen LogP contribution in [0.1, 0.15) is 0 Å². The molecule has 0 bridgehead atoms. The van der Waals surface area contributed by atoms with Gasteiger partial charge in [-0.15, -0.1) is 0 Å². The molecule has 0 amide bonds. The first kappa shape index (κ1) is 30.8. The van der Waals surface area contributed by atoms with E-state index in [2.05, 4.69) is 217 Å². The SMILES string of the molecule is c1ccc(-c2ccc(N(c3cccc(-c4ccc5c(ccc6ccc7ccc8ccccc8c7c65)c4)c3)c3ccccc3-c3ccccc3)cc2)cc1. The average molecular weight is 674 g/mol. The van der Waals surface area contributed by atoms with Gasteiger partial charge in [0.1, 0.15) is 0 Å². The second-order valence-electron chi connectivity index (χ2n) is 13.7. The summed E-state index contributed by atoms with van der Waals surface area (Å²) in [6.07, 6.45) is 0. The molecule has 0 aliphatic rings. The number of hydrogen-bond donors (Lipinski definition) is 0. The summed E-state index contributed by atoms with van der Waals surface area (Å²) < 4.78 is 0. The predicted octanol–water partition coefficient (Wildman–Crippen LogP) is 14.8. The van der Waals surface area contributed by atoms with Crippen molar-refractivity contribution in [1.82, 2.24) is 0 Å². The third-order valence-electron chi connectivity index (χ3n) is 10.6. The van der Waals surface area contributed by atoms with Gasteiger partial charge < -0.3 is 4.90 Å². The van der Waals surface area contributed by atoms with Crippen LogP contribution in [0.25, 0.3) is 76.5 Å². The van der Waals surface area contributed by atoms with Crippen molar-refractivity contribution in [3.05, 3.63) is 212 Å². The van der Waals surface area contributed by atoms with Crippen molar-refractivity contribution in [2.45, 2.75) is 0 Å². The summed E-state index contributed by atoms with van der Waals surface area (Å²) in [6.45, 7) is 0. The molecule has 0 saturated carbocycles. The van der Waals surface area contributed by atoms with E-state index < -0.39 is 0 Å². The van der Waals surface area contributed by atoms with Crippen LogP contribution in [0.3, 0.4) is 0 Å². The molecule has 0 atom stereocenters. The minimum absolute atomic E-state index is 1.11. The Morgan fingerprint density at radius 2 is 0.792 bits per heavy atom. The predicted molar refractivity (Wildman–Crippen MR) is 227 cm³/mol. The molecule has 0 aliphatic heterocycles. The Kier molecular flexibility index (Phi) is 7.55. The fraction of sp³-hybridized carbons (Fsp3) is 0. The molecule has 0 aromatic heterocycles. The van der Waals surface area contributed by atoms with E-state index in [0.717, 1.165) is 17.1 Å². The van der Waals surface area contributed by atoms with Gasteiger partial charge in [-0.2, -0.15) is 0 Å². The maximum Gasteiger partial charge on any atom is 0.0540 e. The molecule has 10 rings (SSSR count). The number of nitrogens with zero attached hydrogens (tertiary/aromatic N) is 1. The van der Waals surface area contributed by atoms with Crippen molar-refractivity contribution in [2.75, 3.05) is 4.90 Å². The van der Waals surface area contributed by atoms with Gasteiger partial charge in [-0.25, -0.2) is 0 Å². The zero-order valence-corrected chi connectivity index (χ0v) is 29.2. The lowest BCUT2D eigenvalue weighted by Gasteiger charge is -2.28. The van der Waals surface area contributed by atoms with Crippen LogP contribution in [0.15, 0.2) is 212 Å². The third-order valence-corrected chi connectivity index (χ3v) is 10.6. The highest BCUT2D eigenvalue weighted by Crippen LogP contribution is 2.43. The number of fused-ring (bicyclic) bond motifs is 7. The van der Waals surface area contributed by atoms with Gasteiger partial charge in [0, 0.05) is 16.9 Å². The molecule has 0 fully saturated rings. The van der Waals surface area contributed by atoms with E-state index in [4.69, 9.17) is 0 Å². The van der Waals surface area contributed by atoms with Crippen LogP contribution in [-0.2, 0) is 0 Å². The lowest BCUT2D eigenvalue weighted by Crippen LogP contribution is -2.11. The van der Waals surface area contributed by atoms with Gasteiger partial charge in [-0.1, -0.05) is 176 Å². The van der Waals surface area contributed by atoms with E-state index in [1.54, 1.807) is 0 Å². The molecule has 10 aromatic carbocycles. The van der Waals surface area contributed by atoms with Crippen molar-refractivity contribution >= 4 is 60.2 Å². The first-order valence-corrected chi connectivity index (χ1v) is 18.3. The summed E-state index contributed by atoms with van der Waals surface area (Å²) in [5, 5.41) is 10.3. The van der Waals surface area contributed by atoms with Crippen molar-refractivity contribution in [1.29, 1.82) is 0 Å². The highest BCUT2D eigenvalue weighted by atomic mass is 15.1. The van der Waals surface area contributed by atoms with E-state index in [-0.39, 0.29) is 0 Å². The molecule has 0 saturated heterocycles. The van der Waals surface area contributed by atoms with Crippen molar-refractivity contribution in [2.24, 2.45) is 0 Å². The van der Waals surface area contributed by atoms with Crippen LogP contribution >= 0.6 is 0 Å². The molecule has 0 unspecified atom stereocenters. The molecular formula is C52H35N. The molecule has 0 N–H and O–H groups in total. The second kappa shape index (κ2) is 13.0. The maximum absolute atomic E-state index is 2.40. The average Bonchev–Trinajstić information content (AvgIpc) is 3.24. The summed E-state index contributed by atoms with van der Waals surface area (Å²) in [4.78, 5) is 2.40. The van der Waals surface area contributed by atoms with E-state index in [0.29, 0.717) is 0 Å². The summed E-state index contributed by atoms with van der Waals surface area (Å²) in [5.41, 5.74) is 10.5. The number of hydrogen-bond acceptors (Lipinski definition) is 1. The lowest BCUT2D eigenvalue weighted by atomic mass is 9.91. The number of para-hydroxylation sites is 1. The quantitative estimate of drug-likeness (QED) is 0.159. The van der Waals surface area contributed by atoms with Gasteiger partial charge in [0.15, 0.2) is 0 Å². The Morgan fingerprint density at radius 1 is 0.264 bits per heavy atom. The first-order chi connectivity index (χ1) is 26.3. The largest absolute Gasteiger partial charge is 0.310 e. The highest BCUT2D eigenvalue weighted by Gasteiger charge is 2.18. The van der Waals surface area contributed by atoms with Crippen molar-refractivity contribution in [3.8, 4) is 33.4 Å². The Hall–Kier alpha value is -6.96.